The molecule has 1 aliphatic heterocycles. The molecule has 7 nitrogen and oxygen atoms in total. The molecule has 0 spiro atoms. The molecule has 35 heavy (non-hydrogen) atoms. The number of carbonyl (C=O) groups excluding carboxylic acids is 1. The van der Waals surface area contributed by atoms with Gasteiger partial charge in [-0.3, -0.25) is 9.69 Å². The molecular weight excluding hydrogens is 460 g/mol. The summed E-state index contributed by atoms with van der Waals surface area (Å²) in [5.74, 6) is 1.86. The molecule has 0 aromatic carbocycles. The zero-order chi connectivity index (χ0) is 23.8. The number of ether oxygens (including phenoxy) is 2. The van der Waals surface area contributed by atoms with E-state index in [1.807, 2.05) is 0 Å². The molecule has 1 saturated heterocycles. The van der Waals surface area contributed by atoms with Crippen LogP contribution in [0.4, 0.5) is 5.82 Å². The molecule has 6 rings (SSSR count). The fourth-order valence-electron chi connectivity index (χ4n) is 6.74. The third-order valence-corrected chi connectivity index (χ3v) is 9.68. The highest BCUT2D eigenvalue weighted by Gasteiger charge is 2.33. The fraction of sp³-hybridized carbons (Fsp3) is 0.704. The summed E-state index contributed by atoms with van der Waals surface area (Å²) in [4.78, 5) is 21.8. The molecule has 0 bridgehead atoms. The standard InChI is InChI=1S/C27H38N4O3S/c28-23(32)15-17-5-10-22-25(17)26-21(16-24(30-27(26)35-22)29-18-3-1-2-4-18)34-20-8-6-19(7-9-20)31-11-13-33-14-12-31/h16-20H,1-15H2,(H2,28,32)(H,29,30)/t17-,19-,20-/m1/s1. The lowest BCUT2D eigenvalue weighted by molar-refractivity contribution is -0.118. The Hall–Kier alpha value is -1.90. The highest BCUT2D eigenvalue weighted by Crippen LogP contribution is 2.49. The first-order valence-corrected chi connectivity index (χ1v) is 14.5. The molecule has 2 aromatic rings. The van der Waals surface area contributed by atoms with Crippen molar-refractivity contribution in [2.75, 3.05) is 31.6 Å². The normalized spacial score (nSPS) is 27.8. The predicted octanol–water partition coefficient (Wildman–Crippen LogP) is 4.58. The van der Waals surface area contributed by atoms with Crippen LogP contribution in [0.15, 0.2) is 6.07 Å². The molecule has 1 atom stereocenters. The van der Waals surface area contributed by atoms with Gasteiger partial charge in [-0.2, -0.15) is 0 Å². The number of nitrogens with two attached hydrogens (primary N) is 1. The molecule has 3 N–H and O–H groups in total. The van der Waals surface area contributed by atoms with Crippen molar-refractivity contribution in [1.82, 2.24) is 9.88 Å². The first-order valence-electron chi connectivity index (χ1n) is 13.6. The minimum Gasteiger partial charge on any atom is -0.490 e. The van der Waals surface area contributed by atoms with E-state index in [2.05, 4.69) is 16.3 Å². The average molecular weight is 499 g/mol. The molecule has 2 saturated carbocycles. The molecule has 1 amide bonds. The Bertz CT molecular complexity index is 1050. The molecule has 190 valence electrons. The van der Waals surface area contributed by atoms with E-state index >= 15 is 0 Å². The average Bonchev–Trinajstić information content (AvgIpc) is 3.58. The number of fused-ring (bicyclic) bond motifs is 3. The van der Waals surface area contributed by atoms with E-state index in [1.54, 1.807) is 11.3 Å². The van der Waals surface area contributed by atoms with Gasteiger partial charge < -0.3 is 20.5 Å². The maximum absolute atomic E-state index is 11.8. The summed E-state index contributed by atoms with van der Waals surface area (Å²) >= 11 is 1.78. The van der Waals surface area contributed by atoms with Crippen LogP contribution in [-0.2, 0) is 16.0 Å². The first-order chi connectivity index (χ1) is 17.1. The molecule has 4 aliphatic rings. The van der Waals surface area contributed by atoms with E-state index in [0.717, 1.165) is 73.8 Å². The summed E-state index contributed by atoms with van der Waals surface area (Å²) in [5.41, 5.74) is 6.89. The second-order valence-electron chi connectivity index (χ2n) is 10.9. The molecule has 0 radical (unpaired) electrons. The number of nitrogens with zero attached hydrogens (tertiary/aromatic N) is 2. The van der Waals surface area contributed by atoms with E-state index in [1.165, 1.54) is 49.0 Å². The lowest BCUT2D eigenvalue weighted by atomic mass is 9.91. The van der Waals surface area contributed by atoms with E-state index in [0.29, 0.717) is 18.5 Å². The third-order valence-electron chi connectivity index (χ3n) is 8.52. The summed E-state index contributed by atoms with van der Waals surface area (Å²) in [6.45, 7) is 3.83. The van der Waals surface area contributed by atoms with Gasteiger partial charge in [-0.15, -0.1) is 11.3 Å². The van der Waals surface area contributed by atoms with Crippen LogP contribution in [0.5, 0.6) is 5.75 Å². The van der Waals surface area contributed by atoms with Gasteiger partial charge in [0.1, 0.15) is 16.4 Å². The van der Waals surface area contributed by atoms with Crippen LogP contribution < -0.4 is 15.8 Å². The number of thiophene rings is 1. The quantitative estimate of drug-likeness (QED) is 0.581. The van der Waals surface area contributed by atoms with Gasteiger partial charge in [0.05, 0.1) is 24.7 Å². The van der Waals surface area contributed by atoms with E-state index in [9.17, 15) is 4.79 Å². The Morgan fingerprint density at radius 2 is 1.91 bits per heavy atom. The summed E-state index contributed by atoms with van der Waals surface area (Å²) < 4.78 is 12.4. The number of primary amides is 1. The van der Waals surface area contributed by atoms with Gasteiger partial charge in [0, 0.05) is 42.5 Å². The number of pyridine rings is 1. The Morgan fingerprint density at radius 1 is 1.14 bits per heavy atom. The van der Waals surface area contributed by atoms with Gasteiger partial charge >= 0.3 is 0 Å². The van der Waals surface area contributed by atoms with Gasteiger partial charge in [0.2, 0.25) is 5.91 Å². The summed E-state index contributed by atoms with van der Waals surface area (Å²) in [7, 11) is 0. The molecule has 3 aliphatic carbocycles. The van der Waals surface area contributed by atoms with Gasteiger partial charge in [0.25, 0.3) is 0 Å². The van der Waals surface area contributed by atoms with Gasteiger partial charge in [-0.1, -0.05) is 12.8 Å². The zero-order valence-corrected chi connectivity index (χ0v) is 21.4. The van der Waals surface area contributed by atoms with Crippen molar-refractivity contribution in [2.45, 2.75) is 94.7 Å². The van der Waals surface area contributed by atoms with Crippen LogP contribution in [0.3, 0.4) is 0 Å². The number of nitrogens with one attached hydrogen (secondary N) is 1. The molecule has 8 heteroatoms. The first kappa shape index (κ1) is 23.5. The minimum atomic E-state index is -0.224. The van der Waals surface area contributed by atoms with E-state index in [4.69, 9.17) is 20.2 Å². The van der Waals surface area contributed by atoms with Crippen LogP contribution in [0, 0.1) is 0 Å². The lowest BCUT2D eigenvalue weighted by Crippen LogP contribution is -2.46. The Balaban J connectivity index is 1.25. The zero-order valence-electron chi connectivity index (χ0n) is 20.6. The second-order valence-corrected chi connectivity index (χ2v) is 11.9. The van der Waals surface area contributed by atoms with Gasteiger partial charge in [-0.25, -0.2) is 4.98 Å². The van der Waals surface area contributed by atoms with Crippen molar-refractivity contribution >= 4 is 33.3 Å². The van der Waals surface area contributed by atoms with Gasteiger partial charge in [0.15, 0.2) is 0 Å². The number of hydrogen-bond donors (Lipinski definition) is 2. The number of aryl methyl sites for hydroxylation is 1. The number of carbonyl (C=O) groups is 1. The highest BCUT2D eigenvalue weighted by atomic mass is 32.1. The Kier molecular flexibility index (Phi) is 6.87. The van der Waals surface area contributed by atoms with Crippen molar-refractivity contribution < 1.29 is 14.3 Å². The van der Waals surface area contributed by atoms with Crippen molar-refractivity contribution in [3.63, 3.8) is 0 Å². The molecule has 0 unspecified atom stereocenters. The van der Waals surface area contributed by atoms with E-state index in [-0.39, 0.29) is 17.9 Å². The van der Waals surface area contributed by atoms with Crippen LogP contribution in [-0.4, -0.2) is 60.3 Å². The molecular formula is C27H38N4O3S. The smallest absolute Gasteiger partial charge is 0.218 e. The molecule has 3 fully saturated rings. The van der Waals surface area contributed by atoms with Crippen molar-refractivity contribution in [1.29, 1.82) is 0 Å². The molecule has 2 aromatic heterocycles. The topological polar surface area (TPSA) is 89.7 Å². The monoisotopic (exact) mass is 498 g/mol. The Morgan fingerprint density at radius 3 is 2.66 bits per heavy atom. The second kappa shape index (κ2) is 10.2. The number of aromatic nitrogens is 1. The summed E-state index contributed by atoms with van der Waals surface area (Å²) in [5, 5.41) is 4.83. The maximum atomic E-state index is 11.8. The minimum absolute atomic E-state index is 0.186. The van der Waals surface area contributed by atoms with Gasteiger partial charge in [-0.05, 0) is 62.8 Å². The van der Waals surface area contributed by atoms with Crippen LogP contribution in [0.2, 0.25) is 0 Å². The number of amides is 1. The van der Waals surface area contributed by atoms with Crippen molar-refractivity contribution in [3.8, 4) is 5.75 Å². The van der Waals surface area contributed by atoms with E-state index < -0.39 is 0 Å². The third kappa shape index (κ3) is 5.02. The van der Waals surface area contributed by atoms with Crippen LogP contribution in [0.25, 0.3) is 10.2 Å². The fourth-order valence-corrected chi connectivity index (χ4v) is 8.03. The molecule has 3 heterocycles. The number of morpholine rings is 1. The number of rotatable bonds is 7. The summed E-state index contributed by atoms with van der Waals surface area (Å²) in [6.07, 6.45) is 12.1. The largest absolute Gasteiger partial charge is 0.490 e. The highest BCUT2D eigenvalue weighted by molar-refractivity contribution is 7.19. The predicted molar refractivity (Wildman–Crippen MR) is 139 cm³/mol. The number of anilines is 1. The SMILES string of the molecule is NC(=O)C[C@H]1CCc2sc3nc(NC4CCCC4)cc(O[C@H]4CC[C@H](N5CCOCC5)CC4)c3c21. The van der Waals surface area contributed by atoms with Crippen LogP contribution >= 0.6 is 11.3 Å². The van der Waals surface area contributed by atoms with Crippen molar-refractivity contribution in [3.05, 3.63) is 16.5 Å². The lowest BCUT2D eigenvalue weighted by Gasteiger charge is -2.38. The Labute approximate surface area is 211 Å². The number of hydrogen-bond acceptors (Lipinski definition) is 7. The summed E-state index contributed by atoms with van der Waals surface area (Å²) in [6, 6.07) is 3.30. The van der Waals surface area contributed by atoms with Crippen LogP contribution in [0.1, 0.15) is 80.6 Å². The van der Waals surface area contributed by atoms with Crippen molar-refractivity contribution in [2.24, 2.45) is 5.73 Å². The maximum Gasteiger partial charge on any atom is 0.218 e.